The predicted molar refractivity (Wildman–Crippen MR) is 40.9 cm³/mol. The Labute approximate surface area is 66.0 Å². The molecule has 1 aliphatic heterocycles. The first-order chi connectivity index (χ1) is 5.09. The van der Waals surface area contributed by atoms with E-state index in [-0.39, 0.29) is 18.1 Å². The SMILES string of the molecule is CC(N)CC(=O)N1CC(O)C1. The summed E-state index contributed by atoms with van der Waals surface area (Å²) in [7, 11) is 0. The number of likely N-dealkylation sites (tertiary alicyclic amines) is 1. The quantitative estimate of drug-likeness (QED) is 0.537. The fourth-order valence-electron chi connectivity index (χ4n) is 1.06. The largest absolute Gasteiger partial charge is 0.389 e. The summed E-state index contributed by atoms with van der Waals surface area (Å²) in [5.41, 5.74) is 5.43. The van der Waals surface area contributed by atoms with Gasteiger partial charge in [0, 0.05) is 25.6 Å². The van der Waals surface area contributed by atoms with E-state index in [4.69, 9.17) is 10.8 Å². The topological polar surface area (TPSA) is 66.6 Å². The number of hydrogen-bond acceptors (Lipinski definition) is 3. The molecule has 0 aromatic carbocycles. The number of amides is 1. The average Bonchev–Trinajstić information content (AvgIpc) is 1.79. The van der Waals surface area contributed by atoms with Crippen molar-refractivity contribution in [2.75, 3.05) is 13.1 Å². The fraction of sp³-hybridized carbons (Fsp3) is 0.857. The molecule has 4 heteroatoms. The zero-order valence-corrected chi connectivity index (χ0v) is 6.66. The van der Waals surface area contributed by atoms with E-state index in [0.717, 1.165) is 0 Å². The molecule has 11 heavy (non-hydrogen) atoms. The summed E-state index contributed by atoms with van der Waals surface area (Å²) in [5.74, 6) is 0.0466. The van der Waals surface area contributed by atoms with Crippen LogP contribution in [-0.4, -0.2) is 41.1 Å². The molecule has 0 aliphatic carbocycles. The minimum absolute atomic E-state index is 0.0466. The number of aliphatic hydroxyl groups excluding tert-OH is 1. The lowest BCUT2D eigenvalue weighted by Crippen LogP contribution is -2.54. The van der Waals surface area contributed by atoms with Crippen LogP contribution in [0.15, 0.2) is 0 Å². The molecule has 0 bridgehead atoms. The standard InChI is InChI=1S/C7H14N2O2/c1-5(8)2-7(11)9-3-6(10)4-9/h5-6,10H,2-4,8H2,1H3. The maximum absolute atomic E-state index is 11.1. The molecule has 1 fully saturated rings. The first-order valence-electron chi connectivity index (χ1n) is 3.81. The Morgan fingerprint density at radius 2 is 2.36 bits per heavy atom. The monoisotopic (exact) mass is 158 g/mol. The lowest BCUT2D eigenvalue weighted by atomic mass is 10.1. The summed E-state index contributed by atoms with van der Waals surface area (Å²) >= 11 is 0. The van der Waals surface area contributed by atoms with Crippen molar-refractivity contribution in [3.05, 3.63) is 0 Å². The van der Waals surface area contributed by atoms with Crippen LogP contribution in [0.25, 0.3) is 0 Å². The molecule has 0 saturated carbocycles. The molecule has 0 spiro atoms. The van der Waals surface area contributed by atoms with E-state index in [1.54, 1.807) is 11.8 Å². The molecule has 64 valence electrons. The van der Waals surface area contributed by atoms with Crippen LogP contribution in [0.3, 0.4) is 0 Å². The number of rotatable bonds is 2. The first kappa shape index (κ1) is 8.49. The van der Waals surface area contributed by atoms with Crippen molar-refractivity contribution >= 4 is 5.91 Å². The molecule has 0 aromatic heterocycles. The van der Waals surface area contributed by atoms with Crippen LogP contribution in [-0.2, 0) is 4.79 Å². The van der Waals surface area contributed by atoms with E-state index in [1.165, 1.54) is 0 Å². The van der Waals surface area contributed by atoms with E-state index in [9.17, 15) is 4.79 Å². The lowest BCUT2D eigenvalue weighted by Gasteiger charge is -2.36. The summed E-state index contributed by atoms with van der Waals surface area (Å²) in [4.78, 5) is 12.7. The molecule has 1 heterocycles. The zero-order chi connectivity index (χ0) is 8.43. The van der Waals surface area contributed by atoms with Crippen LogP contribution in [0, 0.1) is 0 Å². The van der Waals surface area contributed by atoms with Gasteiger partial charge in [0.15, 0.2) is 0 Å². The van der Waals surface area contributed by atoms with Crippen LogP contribution >= 0.6 is 0 Å². The molecule has 0 radical (unpaired) electrons. The van der Waals surface area contributed by atoms with Gasteiger partial charge in [-0.05, 0) is 6.92 Å². The van der Waals surface area contributed by atoms with Crippen molar-refractivity contribution in [2.45, 2.75) is 25.5 Å². The van der Waals surface area contributed by atoms with Gasteiger partial charge < -0.3 is 15.7 Å². The minimum atomic E-state index is -0.313. The molecule has 1 rings (SSSR count). The Hall–Kier alpha value is -0.610. The van der Waals surface area contributed by atoms with Gasteiger partial charge in [0.1, 0.15) is 0 Å². The minimum Gasteiger partial charge on any atom is -0.389 e. The van der Waals surface area contributed by atoms with Gasteiger partial charge in [-0.3, -0.25) is 4.79 Å². The van der Waals surface area contributed by atoms with Gasteiger partial charge >= 0.3 is 0 Å². The van der Waals surface area contributed by atoms with Crippen LogP contribution < -0.4 is 5.73 Å². The van der Waals surface area contributed by atoms with E-state index in [1.807, 2.05) is 0 Å². The highest BCUT2D eigenvalue weighted by atomic mass is 16.3. The number of β-amino-alcohol motifs (C(OH)–C–C–N with tert-alkyl or cyclic N) is 1. The molecular formula is C7H14N2O2. The maximum Gasteiger partial charge on any atom is 0.224 e. The summed E-state index contributed by atoms with van der Waals surface area (Å²) in [6, 6.07) is -0.0831. The van der Waals surface area contributed by atoms with Crippen molar-refractivity contribution in [2.24, 2.45) is 5.73 Å². The number of carbonyl (C=O) groups is 1. The number of aliphatic hydroxyl groups is 1. The van der Waals surface area contributed by atoms with Gasteiger partial charge in [-0.1, -0.05) is 0 Å². The number of nitrogens with two attached hydrogens (primary N) is 1. The van der Waals surface area contributed by atoms with Gasteiger partial charge in [-0.15, -0.1) is 0 Å². The number of hydrogen-bond donors (Lipinski definition) is 2. The van der Waals surface area contributed by atoms with E-state index >= 15 is 0 Å². The molecule has 0 aromatic rings. The number of nitrogens with zero attached hydrogens (tertiary/aromatic N) is 1. The third-order valence-electron chi connectivity index (χ3n) is 1.71. The molecular weight excluding hydrogens is 144 g/mol. The van der Waals surface area contributed by atoms with Crippen molar-refractivity contribution in [3.8, 4) is 0 Å². The molecule has 1 amide bonds. The Kier molecular flexibility index (Phi) is 2.46. The van der Waals surface area contributed by atoms with Gasteiger partial charge in [0.05, 0.1) is 6.10 Å². The number of carbonyl (C=O) groups excluding carboxylic acids is 1. The second-order valence-electron chi connectivity index (χ2n) is 3.13. The molecule has 1 saturated heterocycles. The summed E-state index contributed by atoms with van der Waals surface area (Å²) in [6.45, 7) is 2.76. The summed E-state index contributed by atoms with van der Waals surface area (Å²) < 4.78 is 0. The first-order valence-corrected chi connectivity index (χ1v) is 3.81. The highest BCUT2D eigenvalue weighted by molar-refractivity contribution is 5.77. The zero-order valence-electron chi connectivity index (χ0n) is 6.66. The van der Waals surface area contributed by atoms with Gasteiger partial charge in [-0.25, -0.2) is 0 Å². The van der Waals surface area contributed by atoms with Crippen molar-refractivity contribution in [1.82, 2.24) is 4.90 Å². The van der Waals surface area contributed by atoms with Crippen LogP contribution in [0.2, 0.25) is 0 Å². The Bertz CT molecular complexity index is 153. The smallest absolute Gasteiger partial charge is 0.224 e. The fourth-order valence-corrected chi connectivity index (χ4v) is 1.06. The second kappa shape index (κ2) is 3.19. The van der Waals surface area contributed by atoms with E-state index in [2.05, 4.69) is 0 Å². The molecule has 1 unspecified atom stereocenters. The molecule has 3 N–H and O–H groups in total. The highest BCUT2D eigenvalue weighted by Crippen LogP contribution is 2.09. The Morgan fingerprint density at radius 3 is 2.73 bits per heavy atom. The summed E-state index contributed by atoms with van der Waals surface area (Å²) in [6.07, 6.45) is 0.0687. The van der Waals surface area contributed by atoms with Crippen molar-refractivity contribution < 1.29 is 9.90 Å². The third kappa shape index (κ3) is 2.17. The normalized spacial score (nSPS) is 21.2. The van der Waals surface area contributed by atoms with Crippen molar-refractivity contribution in [1.29, 1.82) is 0 Å². The maximum atomic E-state index is 11.1. The van der Waals surface area contributed by atoms with Gasteiger partial charge in [0.2, 0.25) is 5.91 Å². The summed E-state index contributed by atoms with van der Waals surface area (Å²) in [5, 5.41) is 8.88. The van der Waals surface area contributed by atoms with Crippen LogP contribution in [0.4, 0.5) is 0 Å². The highest BCUT2D eigenvalue weighted by Gasteiger charge is 2.28. The third-order valence-corrected chi connectivity index (χ3v) is 1.71. The average molecular weight is 158 g/mol. The van der Waals surface area contributed by atoms with Crippen LogP contribution in [0.5, 0.6) is 0 Å². The van der Waals surface area contributed by atoms with E-state index < -0.39 is 0 Å². The molecule has 4 nitrogen and oxygen atoms in total. The molecule has 1 atom stereocenters. The van der Waals surface area contributed by atoms with Gasteiger partial charge in [-0.2, -0.15) is 0 Å². The van der Waals surface area contributed by atoms with E-state index in [0.29, 0.717) is 19.5 Å². The van der Waals surface area contributed by atoms with Gasteiger partial charge in [0.25, 0.3) is 0 Å². The predicted octanol–water partition coefficient (Wildman–Crippen LogP) is -1.07. The Morgan fingerprint density at radius 1 is 1.82 bits per heavy atom. The van der Waals surface area contributed by atoms with Crippen molar-refractivity contribution in [3.63, 3.8) is 0 Å². The van der Waals surface area contributed by atoms with Crippen LogP contribution in [0.1, 0.15) is 13.3 Å². The lowest BCUT2D eigenvalue weighted by molar-refractivity contribution is -0.141. The Balaban J connectivity index is 2.21. The second-order valence-corrected chi connectivity index (χ2v) is 3.13. The molecule has 1 aliphatic rings.